The lowest BCUT2D eigenvalue weighted by molar-refractivity contribution is 0.0944. The van der Waals surface area contributed by atoms with Crippen LogP contribution < -0.4 is 11.0 Å². The van der Waals surface area contributed by atoms with Gasteiger partial charge in [0.05, 0.1) is 5.56 Å². The molecule has 126 valence electrons. The Kier molecular flexibility index (Phi) is 4.45. The summed E-state index contributed by atoms with van der Waals surface area (Å²) in [7, 11) is 0. The quantitative estimate of drug-likeness (QED) is 0.643. The maximum absolute atomic E-state index is 14.0. The number of halogens is 1. The SMILES string of the molecule is CSc1nc(=O)[nH]c(C)c1C(=O)NCC1(c2ccccc2F)CC1. The fourth-order valence-corrected chi connectivity index (χ4v) is 3.52. The van der Waals surface area contributed by atoms with Crippen molar-refractivity contribution < 1.29 is 9.18 Å². The van der Waals surface area contributed by atoms with E-state index in [1.165, 1.54) is 17.8 Å². The third kappa shape index (κ3) is 3.08. The molecule has 0 radical (unpaired) electrons. The van der Waals surface area contributed by atoms with Crippen LogP contribution in [0.15, 0.2) is 34.1 Å². The van der Waals surface area contributed by atoms with E-state index in [1.54, 1.807) is 25.3 Å². The van der Waals surface area contributed by atoms with Gasteiger partial charge in [0, 0.05) is 17.7 Å². The van der Waals surface area contributed by atoms with E-state index in [-0.39, 0.29) is 17.1 Å². The summed E-state index contributed by atoms with van der Waals surface area (Å²) in [6, 6.07) is 6.68. The van der Waals surface area contributed by atoms with Gasteiger partial charge in [0.2, 0.25) is 0 Å². The molecule has 0 atom stereocenters. The first kappa shape index (κ1) is 16.7. The van der Waals surface area contributed by atoms with Crippen LogP contribution in [0.4, 0.5) is 4.39 Å². The number of carbonyl (C=O) groups excluding carboxylic acids is 1. The van der Waals surface area contributed by atoms with Gasteiger partial charge >= 0.3 is 5.69 Å². The van der Waals surface area contributed by atoms with E-state index in [4.69, 9.17) is 0 Å². The molecule has 3 rings (SSSR count). The number of nitrogens with zero attached hydrogens (tertiary/aromatic N) is 1. The van der Waals surface area contributed by atoms with E-state index in [2.05, 4.69) is 15.3 Å². The second kappa shape index (κ2) is 6.39. The fourth-order valence-electron chi connectivity index (χ4n) is 2.90. The number of aromatic amines is 1. The normalized spacial score (nSPS) is 15.1. The van der Waals surface area contributed by atoms with Crippen LogP contribution in [0, 0.1) is 12.7 Å². The highest BCUT2D eigenvalue weighted by atomic mass is 32.2. The van der Waals surface area contributed by atoms with Crippen molar-refractivity contribution in [2.24, 2.45) is 0 Å². The number of amides is 1. The molecule has 2 aromatic rings. The predicted molar refractivity (Wildman–Crippen MR) is 91.0 cm³/mol. The summed E-state index contributed by atoms with van der Waals surface area (Å²) >= 11 is 1.25. The van der Waals surface area contributed by atoms with Crippen molar-refractivity contribution in [2.75, 3.05) is 12.8 Å². The van der Waals surface area contributed by atoms with Gasteiger partial charge in [-0.25, -0.2) is 9.18 Å². The number of rotatable bonds is 5. The van der Waals surface area contributed by atoms with Gasteiger partial charge in [-0.05, 0) is 37.7 Å². The zero-order valence-corrected chi connectivity index (χ0v) is 14.3. The van der Waals surface area contributed by atoms with Crippen molar-refractivity contribution in [3.8, 4) is 0 Å². The minimum Gasteiger partial charge on any atom is -0.351 e. The highest BCUT2D eigenvalue weighted by Gasteiger charge is 2.46. The van der Waals surface area contributed by atoms with Crippen molar-refractivity contribution >= 4 is 17.7 Å². The van der Waals surface area contributed by atoms with E-state index in [0.29, 0.717) is 28.4 Å². The number of H-pyrrole nitrogens is 1. The smallest absolute Gasteiger partial charge is 0.346 e. The molecule has 0 aliphatic heterocycles. The molecule has 1 aromatic carbocycles. The second-order valence-electron chi connectivity index (χ2n) is 5.99. The summed E-state index contributed by atoms with van der Waals surface area (Å²) < 4.78 is 14.0. The number of thioether (sulfide) groups is 1. The Balaban J connectivity index is 1.80. The minimum absolute atomic E-state index is 0.240. The lowest BCUT2D eigenvalue weighted by Gasteiger charge is -2.18. The van der Waals surface area contributed by atoms with Crippen molar-refractivity contribution in [3.05, 3.63) is 57.4 Å². The summed E-state index contributed by atoms with van der Waals surface area (Å²) in [5, 5.41) is 3.27. The Morgan fingerprint density at radius 3 is 2.75 bits per heavy atom. The van der Waals surface area contributed by atoms with Crippen molar-refractivity contribution in [2.45, 2.75) is 30.2 Å². The third-order valence-electron chi connectivity index (χ3n) is 4.39. The largest absolute Gasteiger partial charge is 0.351 e. The molecule has 7 heteroatoms. The van der Waals surface area contributed by atoms with E-state index >= 15 is 0 Å². The summed E-state index contributed by atoms with van der Waals surface area (Å²) in [4.78, 5) is 30.4. The van der Waals surface area contributed by atoms with Crippen molar-refractivity contribution in [3.63, 3.8) is 0 Å². The molecular weight excluding hydrogens is 329 g/mol. The van der Waals surface area contributed by atoms with Crippen LogP contribution in [0.2, 0.25) is 0 Å². The molecule has 2 N–H and O–H groups in total. The Bertz CT molecular complexity index is 846. The van der Waals surface area contributed by atoms with Gasteiger partial charge in [0.1, 0.15) is 10.8 Å². The zero-order valence-electron chi connectivity index (χ0n) is 13.5. The van der Waals surface area contributed by atoms with E-state index in [0.717, 1.165) is 12.8 Å². The molecule has 24 heavy (non-hydrogen) atoms. The molecule has 1 saturated carbocycles. The van der Waals surface area contributed by atoms with Gasteiger partial charge in [0.25, 0.3) is 5.91 Å². The first-order valence-electron chi connectivity index (χ1n) is 7.65. The first-order chi connectivity index (χ1) is 11.5. The van der Waals surface area contributed by atoms with Gasteiger partial charge in [-0.2, -0.15) is 4.98 Å². The molecule has 1 amide bonds. The Morgan fingerprint density at radius 1 is 1.42 bits per heavy atom. The fraction of sp³-hybridized carbons (Fsp3) is 0.353. The second-order valence-corrected chi connectivity index (χ2v) is 6.79. The average Bonchev–Trinajstić information content (AvgIpc) is 3.33. The number of hydrogen-bond acceptors (Lipinski definition) is 4. The lowest BCUT2D eigenvalue weighted by atomic mass is 9.95. The predicted octanol–water partition coefficient (Wildman–Crippen LogP) is 2.40. The molecule has 0 spiro atoms. The standard InChI is InChI=1S/C17H18FN3O2S/c1-10-13(15(24-2)21-16(23)20-10)14(22)19-9-17(7-8-17)11-5-3-4-6-12(11)18/h3-6H,7-9H2,1-2H3,(H,19,22)(H,20,21,23). The number of nitrogens with one attached hydrogen (secondary N) is 2. The number of benzene rings is 1. The van der Waals surface area contributed by atoms with Crippen LogP contribution in [0.3, 0.4) is 0 Å². The molecule has 5 nitrogen and oxygen atoms in total. The van der Waals surface area contributed by atoms with Crippen LogP contribution in [-0.2, 0) is 5.41 Å². The third-order valence-corrected chi connectivity index (χ3v) is 5.08. The highest BCUT2D eigenvalue weighted by molar-refractivity contribution is 7.98. The van der Waals surface area contributed by atoms with Gasteiger partial charge < -0.3 is 10.3 Å². The van der Waals surface area contributed by atoms with Gasteiger partial charge in [0.15, 0.2) is 0 Å². The number of aromatic nitrogens is 2. The van der Waals surface area contributed by atoms with Gasteiger partial charge in [-0.3, -0.25) is 4.79 Å². The molecular formula is C17H18FN3O2S. The van der Waals surface area contributed by atoms with E-state index in [9.17, 15) is 14.0 Å². The van der Waals surface area contributed by atoms with E-state index < -0.39 is 5.69 Å². The Hall–Kier alpha value is -2.15. The van der Waals surface area contributed by atoms with Crippen LogP contribution >= 0.6 is 11.8 Å². The minimum atomic E-state index is -0.474. The molecule has 0 unspecified atom stereocenters. The maximum Gasteiger partial charge on any atom is 0.346 e. The summed E-state index contributed by atoms with van der Waals surface area (Å²) in [6.45, 7) is 2.03. The molecule has 1 fully saturated rings. The molecule has 1 aliphatic rings. The van der Waals surface area contributed by atoms with Crippen LogP contribution in [0.5, 0.6) is 0 Å². The summed E-state index contributed by atoms with van der Waals surface area (Å²) in [5.74, 6) is -0.542. The zero-order chi connectivity index (χ0) is 17.3. The van der Waals surface area contributed by atoms with Gasteiger partial charge in [-0.15, -0.1) is 11.8 Å². The topological polar surface area (TPSA) is 74.8 Å². The monoisotopic (exact) mass is 347 g/mol. The first-order valence-corrected chi connectivity index (χ1v) is 8.87. The summed E-state index contributed by atoms with van der Waals surface area (Å²) in [5.41, 5.74) is 0.688. The number of hydrogen-bond donors (Lipinski definition) is 2. The lowest BCUT2D eigenvalue weighted by Crippen LogP contribution is -2.34. The van der Waals surface area contributed by atoms with Crippen LogP contribution in [0.1, 0.15) is 34.5 Å². The molecule has 1 aromatic heterocycles. The molecule has 1 heterocycles. The van der Waals surface area contributed by atoms with Crippen LogP contribution in [-0.4, -0.2) is 28.7 Å². The maximum atomic E-state index is 14.0. The average molecular weight is 347 g/mol. The van der Waals surface area contributed by atoms with Gasteiger partial charge in [-0.1, -0.05) is 18.2 Å². The molecule has 0 saturated heterocycles. The number of carbonyl (C=O) groups is 1. The van der Waals surface area contributed by atoms with Crippen molar-refractivity contribution in [1.29, 1.82) is 0 Å². The van der Waals surface area contributed by atoms with E-state index in [1.807, 2.05) is 6.07 Å². The van der Waals surface area contributed by atoms with Crippen LogP contribution in [0.25, 0.3) is 0 Å². The molecule has 1 aliphatic carbocycles. The Morgan fingerprint density at radius 2 is 2.12 bits per heavy atom. The number of aryl methyl sites for hydroxylation is 1. The molecule has 0 bridgehead atoms. The summed E-state index contributed by atoms with van der Waals surface area (Å²) in [6.07, 6.45) is 3.44. The van der Waals surface area contributed by atoms with Crippen molar-refractivity contribution in [1.82, 2.24) is 15.3 Å². The Labute approximate surface area is 143 Å². The highest BCUT2D eigenvalue weighted by Crippen LogP contribution is 2.48.